The number of hydrogen-bond acceptors (Lipinski definition) is 3. The number of hydrogen-bond donors (Lipinski definition) is 1. The monoisotopic (exact) mass is 477 g/mol. The van der Waals surface area contributed by atoms with Crippen molar-refractivity contribution in [2.45, 2.75) is 0 Å². The van der Waals surface area contributed by atoms with Gasteiger partial charge in [0.1, 0.15) is 5.69 Å². The third-order valence-corrected chi connectivity index (χ3v) is 6.88. The molecule has 0 saturated heterocycles. The van der Waals surface area contributed by atoms with Crippen LogP contribution in [0.3, 0.4) is 0 Å². The number of benzene rings is 5. The summed E-state index contributed by atoms with van der Waals surface area (Å²) < 4.78 is 4.35. The summed E-state index contributed by atoms with van der Waals surface area (Å²) in [4.78, 5) is 0. The molecule has 0 radical (unpaired) electrons. The fourth-order valence-corrected chi connectivity index (χ4v) is 5.06. The van der Waals surface area contributed by atoms with Gasteiger partial charge in [0.25, 0.3) is 0 Å². The van der Waals surface area contributed by atoms with Crippen LogP contribution in [0, 0.1) is 0 Å². The molecule has 0 atom stereocenters. The van der Waals surface area contributed by atoms with Gasteiger partial charge in [-0.05, 0) is 65.4 Å². The highest BCUT2D eigenvalue weighted by molar-refractivity contribution is 6.04. The Bertz CT molecular complexity index is 1940. The van der Waals surface area contributed by atoms with Crippen molar-refractivity contribution in [1.29, 1.82) is 0 Å². The van der Waals surface area contributed by atoms with Gasteiger partial charge in [0.05, 0.1) is 28.1 Å². The SMILES string of the molecule is Nc1cc(-n2ccc3ccccc32)c2ccccc2c1N=Nc1ccc(-n2ccc3ccccc32)cc1. The van der Waals surface area contributed by atoms with Gasteiger partial charge in [-0.1, -0.05) is 60.7 Å². The van der Waals surface area contributed by atoms with Crippen LogP contribution in [0.5, 0.6) is 0 Å². The van der Waals surface area contributed by atoms with Crippen LogP contribution in [-0.4, -0.2) is 9.13 Å². The molecule has 0 spiro atoms. The molecule has 2 aromatic heterocycles. The minimum Gasteiger partial charge on any atom is -0.397 e. The molecule has 0 aliphatic heterocycles. The van der Waals surface area contributed by atoms with Gasteiger partial charge in [0, 0.05) is 28.9 Å². The number of para-hydroxylation sites is 2. The zero-order chi connectivity index (χ0) is 24.8. The molecule has 2 heterocycles. The fraction of sp³-hybridized carbons (Fsp3) is 0. The minimum atomic E-state index is 0.589. The quantitative estimate of drug-likeness (QED) is 0.200. The van der Waals surface area contributed by atoms with Crippen molar-refractivity contribution in [2.24, 2.45) is 10.2 Å². The van der Waals surface area contributed by atoms with Crippen LogP contribution in [0.4, 0.5) is 17.1 Å². The minimum absolute atomic E-state index is 0.589. The molecule has 176 valence electrons. The van der Waals surface area contributed by atoms with Crippen LogP contribution in [0.15, 0.2) is 138 Å². The highest BCUT2D eigenvalue weighted by Crippen LogP contribution is 2.38. The predicted octanol–water partition coefficient (Wildman–Crippen LogP) is 8.73. The van der Waals surface area contributed by atoms with Gasteiger partial charge in [-0.25, -0.2) is 0 Å². The molecule has 37 heavy (non-hydrogen) atoms. The van der Waals surface area contributed by atoms with Crippen LogP contribution in [0.2, 0.25) is 0 Å². The molecule has 0 fully saturated rings. The van der Waals surface area contributed by atoms with Gasteiger partial charge < -0.3 is 14.9 Å². The molecule has 0 unspecified atom stereocenters. The van der Waals surface area contributed by atoms with Gasteiger partial charge in [0.2, 0.25) is 0 Å². The number of anilines is 1. The van der Waals surface area contributed by atoms with E-state index in [0.29, 0.717) is 11.4 Å². The first-order valence-electron chi connectivity index (χ1n) is 12.2. The van der Waals surface area contributed by atoms with Crippen molar-refractivity contribution < 1.29 is 0 Å². The largest absolute Gasteiger partial charge is 0.397 e. The Morgan fingerprint density at radius 3 is 1.86 bits per heavy atom. The van der Waals surface area contributed by atoms with E-state index in [1.807, 2.05) is 30.3 Å². The molecule has 0 aliphatic rings. The van der Waals surface area contributed by atoms with Crippen molar-refractivity contribution in [2.75, 3.05) is 5.73 Å². The van der Waals surface area contributed by atoms with Gasteiger partial charge in [-0.3, -0.25) is 0 Å². The molecule has 5 aromatic carbocycles. The van der Waals surface area contributed by atoms with Gasteiger partial charge in [0.15, 0.2) is 0 Å². The summed E-state index contributed by atoms with van der Waals surface area (Å²) in [6.07, 6.45) is 4.17. The first kappa shape index (κ1) is 21.1. The van der Waals surface area contributed by atoms with E-state index in [9.17, 15) is 0 Å². The normalized spacial score (nSPS) is 11.8. The van der Waals surface area contributed by atoms with E-state index in [1.165, 1.54) is 16.3 Å². The van der Waals surface area contributed by atoms with Crippen molar-refractivity contribution in [3.63, 3.8) is 0 Å². The predicted molar refractivity (Wildman–Crippen MR) is 153 cm³/mol. The molecule has 0 aliphatic carbocycles. The average molecular weight is 478 g/mol. The molecule has 0 saturated carbocycles. The lowest BCUT2D eigenvalue weighted by Gasteiger charge is -2.13. The second-order valence-electron chi connectivity index (χ2n) is 9.08. The summed E-state index contributed by atoms with van der Waals surface area (Å²) in [5.41, 5.74) is 13.0. The maximum Gasteiger partial charge on any atom is 0.117 e. The molecule has 7 rings (SSSR count). The molecular weight excluding hydrogens is 454 g/mol. The van der Waals surface area contributed by atoms with Crippen molar-refractivity contribution >= 4 is 49.6 Å². The van der Waals surface area contributed by atoms with E-state index in [4.69, 9.17) is 5.73 Å². The van der Waals surface area contributed by atoms with Crippen molar-refractivity contribution in [3.8, 4) is 11.4 Å². The smallest absolute Gasteiger partial charge is 0.117 e. The topological polar surface area (TPSA) is 60.6 Å². The van der Waals surface area contributed by atoms with E-state index in [-0.39, 0.29) is 0 Å². The Labute approximate surface area is 213 Å². The summed E-state index contributed by atoms with van der Waals surface area (Å²) in [5.74, 6) is 0. The molecule has 7 aromatic rings. The summed E-state index contributed by atoms with van der Waals surface area (Å²) in [6.45, 7) is 0. The summed E-state index contributed by atoms with van der Waals surface area (Å²) in [7, 11) is 0. The third-order valence-electron chi connectivity index (χ3n) is 6.88. The average Bonchev–Trinajstić information content (AvgIpc) is 3.57. The first-order chi connectivity index (χ1) is 18.3. The second kappa shape index (κ2) is 8.50. The number of nitrogen functional groups attached to an aromatic ring is 1. The zero-order valence-corrected chi connectivity index (χ0v) is 20.0. The van der Waals surface area contributed by atoms with Crippen molar-refractivity contribution in [1.82, 2.24) is 9.13 Å². The van der Waals surface area contributed by atoms with E-state index >= 15 is 0 Å². The Kier molecular flexibility index (Phi) is 4.86. The van der Waals surface area contributed by atoms with E-state index in [1.54, 1.807) is 0 Å². The highest BCUT2D eigenvalue weighted by Gasteiger charge is 2.13. The van der Waals surface area contributed by atoms with Crippen LogP contribution in [0.1, 0.15) is 0 Å². The highest BCUT2D eigenvalue weighted by atomic mass is 15.1. The van der Waals surface area contributed by atoms with E-state index < -0.39 is 0 Å². The maximum absolute atomic E-state index is 6.57. The molecule has 2 N–H and O–H groups in total. The Balaban J connectivity index is 1.27. The standard InChI is InChI=1S/C32H23N5/c33-28-21-31(37-20-18-23-8-2-6-12-30(23)37)26-9-3-4-10-27(26)32(28)35-34-24-13-15-25(16-14-24)36-19-17-22-7-1-5-11-29(22)36/h1-21H,33H2. The number of aromatic nitrogens is 2. The first-order valence-corrected chi connectivity index (χ1v) is 12.2. The van der Waals surface area contributed by atoms with Crippen LogP contribution in [0.25, 0.3) is 44.0 Å². The molecule has 0 bridgehead atoms. The second-order valence-corrected chi connectivity index (χ2v) is 9.08. The maximum atomic E-state index is 6.57. The summed E-state index contributed by atoms with van der Waals surface area (Å²) in [6, 6.07) is 39.2. The van der Waals surface area contributed by atoms with Crippen LogP contribution >= 0.6 is 0 Å². The number of rotatable bonds is 4. The Morgan fingerprint density at radius 2 is 1.14 bits per heavy atom. The third kappa shape index (κ3) is 3.56. The summed E-state index contributed by atoms with van der Waals surface area (Å²) >= 11 is 0. The van der Waals surface area contributed by atoms with Gasteiger partial charge >= 0.3 is 0 Å². The molecular formula is C32H23N5. The van der Waals surface area contributed by atoms with Gasteiger partial charge in [-0.15, -0.1) is 5.11 Å². The molecule has 5 heteroatoms. The Hall–Kier alpha value is -5.16. The lowest BCUT2D eigenvalue weighted by molar-refractivity contribution is 1.12. The lowest BCUT2D eigenvalue weighted by Crippen LogP contribution is -1.97. The molecule has 5 nitrogen and oxygen atoms in total. The van der Waals surface area contributed by atoms with Crippen LogP contribution < -0.4 is 5.73 Å². The van der Waals surface area contributed by atoms with Crippen molar-refractivity contribution in [3.05, 3.63) is 128 Å². The number of fused-ring (bicyclic) bond motifs is 3. The lowest BCUT2D eigenvalue weighted by atomic mass is 10.0. The summed E-state index contributed by atoms with van der Waals surface area (Å²) in [5, 5.41) is 13.6. The number of nitrogens with zero attached hydrogens (tertiary/aromatic N) is 4. The number of azo groups is 1. The molecule has 0 amide bonds. The van der Waals surface area contributed by atoms with Gasteiger partial charge in [-0.2, -0.15) is 5.11 Å². The van der Waals surface area contributed by atoms with Crippen LogP contribution in [-0.2, 0) is 0 Å². The Morgan fingerprint density at radius 1 is 0.541 bits per heavy atom. The fourth-order valence-electron chi connectivity index (χ4n) is 5.06. The van der Waals surface area contributed by atoms with E-state index in [2.05, 4.69) is 117 Å². The number of nitrogens with two attached hydrogens (primary N) is 1. The van der Waals surface area contributed by atoms with E-state index in [0.717, 1.165) is 33.4 Å². The zero-order valence-electron chi connectivity index (χ0n) is 20.0.